The smallest absolute Gasteiger partial charge is 0.267 e. The summed E-state index contributed by atoms with van der Waals surface area (Å²) in [5.41, 5.74) is 0.725. The summed E-state index contributed by atoms with van der Waals surface area (Å²) < 4.78 is 3.87. The van der Waals surface area contributed by atoms with Crippen molar-refractivity contribution < 1.29 is 9.59 Å². The second kappa shape index (κ2) is 7.60. The molecule has 0 spiro atoms. The molecule has 1 unspecified atom stereocenters. The Bertz CT molecular complexity index is 666. The van der Waals surface area contributed by atoms with E-state index in [2.05, 4.69) is 19.8 Å². The Balaban J connectivity index is 1.29. The van der Waals surface area contributed by atoms with Crippen molar-refractivity contribution in [3.05, 3.63) is 10.6 Å². The zero-order chi connectivity index (χ0) is 18.1. The molecule has 2 amide bonds. The summed E-state index contributed by atoms with van der Waals surface area (Å²) in [6.07, 6.45) is 6.34. The van der Waals surface area contributed by atoms with Crippen molar-refractivity contribution in [3.63, 3.8) is 0 Å². The quantitative estimate of drug-likeness (QED) is 0.859. The molecule has 1 aliphatic carbocycles. The van der Waals surface area contributed by atoms with Gasteiger partial charge in [-0.25, -0.2) is 0 Å². The van der Waals surface area contributed by atoms with E-state index < -0.39 is 0 Å². The van der Waals surface area contributed by atoms with Crippen LogP contribution < -0.4 is 5.32 Å². The van der Waals surface area contributed by atoms with Crippen LogP contribution in [-0.4, -0.2) is 69.5 Å². The van der Waals surface area contributed by atoms with Gasteiger partial charge in [-0.1, -0.05) is 4.49 Å². The first-order valence-electron chi connectivity index (χ1n) is 9.74. The minimum Gasteiger partial charge on any atom is -0.353 e. The number of nitrogens with zero attached hydrogens (tertiary/aromatic N) is 4. The van der Waals surface area contributed by atoms with E-state index in [9.17, 15) is 9.59 Å². The Morgan fingerprint density at radius 1 is 1.12 bits per heavy atom. The van der Waals surface area contributed by atoms with Crippen LogP contribution in [0.1, 0.15) is 53.9 Å². The van der Waals surface area contributed by atoms with Crippen LogP contribution in [0.4, 0.5) is 0 Å². The van der Waals surface area contributed by atoms with E-state index in [0.717, 1.165) is 70.4 Å². The maximum absolute atomic E-state index is 12.6. The summed E-state index contributed by atoms with van der Waals surface area (Å²) in [4.78, 5) is 30.1. The van der Waals surface area contributed by atoms with Crippen LogP contribution >= 0.6 is 11.5 Å². The van der Waals surface area contributed by atoms with Gasteiger partial charge in [0.05, 0.1) is 11.6 Å². The third-order valence-electron chi connectivity index (χ3n) is 5.86. The van der Waals surface area contributed by atoms with Gasteiger partial charge in [0.1, 0.15) is 4.88 Å². The third-order valence-corrected chi connectivity index (χ3v) is 6.68. The van der Waals surface area contributed by atoms with E-state index in [1.165, 1.54) is 11.5 Å². The highest BCUT2D eigenvalue weighted by Crippen LogP contribution is 2.26. The molecular weight excluding hydrogens is 350 g/mol. The summed E-state index contributed by atoms with van der Waals surface area (Å²) >= 11 is 1.19. The van der Waals surface area contributed by atoms with Crippen LogP contribution in [0, 0.1) is 12.8 Å². The molecule has 4 rings (SSSR count). The van der Waals surface area contributed by atoms with E-state index in [0.29, 0.717) is 17.0 Å². The minimum atomic E-state index is 0.0660. The first-order chi connectivity index (χ1) is 12.6. The van der Waals surface area contributed by atoms with E-state index >= 15 is 0 Å². The Morgan fingerprint density at radius 3 is 2.54 bits per heavy atom. The Morgan fingerprint density at radius 2 is 1.88 bits per heavy atom. The summed E-state index contributed by atoms with van der Waals surface area (Å²) in [5.74, 6) is 0.448. The number of aryl methyl sites for hydroxylation is 1. The lowest BCUT2D eigenvalue weighted by molar-refractivity contribution is -0.127. The molecule has 0 bridgehead atoms. The number of hydrogen-bond acceptors (Lipinski definition) is 6. The van der Waals surface area contributed by atoms with Gasteiger partial charge in [0.15, 0.2) is 0 Å². The number of amides is 2. The van der Waals surface area contributed by atoms with Crippen molar-refractivity contribution in [2.75, 3.05) is 26.2 Å². The monoisotopic (exact) mass is 377 g/mol. The van der Waals surface area contributed by atoms with Crippen molar-refractivity contribution in [1.29, 1.82) is 0 Å². The minimum absolute atomic E-state index is 0.0660. The third kappa shape index (κ3) is 3.91. The Hall–Kier alpha value is -1.54. The summed E-state index contributed by atoms with van der Waals surface area (Å²) in [6.45, 7) is 5.33. The maximum atomic E-state index is 12.6. The van der Waals surface area contributed by atoms with E-state index in [1.807, 2.05) is 11.8 Å². The van der Waals surface area contributed by atoms with Gasteiger partial charge in [0.2, 0.25) is 5.91 Å². The number of carbonyl (C=O) groups is 2. The molecule has 8 heteroatoms. The van der Waals surface area contributed by atoms with Crippen molar-refractivity contribution >= 4 is 23.3 Å². The van der Waals surface area contributed by atoms with Crippen LogP contribution in [0.5, 0.6) is 0 Å². The number of rotatable bonds is 4. The number of aromatic nitrogens is 2. The van der Waals surface area contributed by atoms with E-state index in [-0.39, 0.29) is 17.7 Å². The highest BCUT2D eigenvalue weighted by Gasteiger charge is 2.34. The van der Waals surface area contributed by atoms with Gasteiger partial charge in [-0.05, 0) is 63.5 Å². The molecule has 0 aromatic carbocycles. The summed E-state index contributed by atoms with van der Waals surface area (Å²) in [7, 11) is 0. The van der Waals surface area contributed by atoms with Crippen molar-refractivity contribution in [2.24, 2.45) is 5.92 Å². The van der Waals surface area contributed by atoms with Crippen molar-refractivity contribution in [1.82, 2.24) is 24.7 Å². The first kappa shape index (κ1) is 17.9. The lowest BCUT2D eigenvalue weighted by Gasteiger charge is -2.42. The average Bonchev–Trinajstić information content (AvgIpc) is 3.39. The predicted octanol–water partition coefficient (Wildman–Crippen LogP) is 1.44. The molecule has 26 heavy (non-hydrogen) atoms. The number of carbonyl (C=O) groups excluding carboxylic acids is 2. The van der Waals surface area contributed by atoms with Gasteiger partial charge < -0.3 is 10.2 Å². The fraction of sp³-hybridized carbons (Fsp3) is 0.778. The zero-order valence-corrected chi connectivity index (χ0v) is 16.1. The second-order valence-corrected chi connectivity index (χ2v) is 8.58. The molecule has 2 saturated heterocycles. The van der Waals surface area contributed by atoms with Gasteiger partial charge in [-0.3, -0.25) is 14.5 Å². The second-order valence-electron chi connectivity index (χ2n) is 7.83. The van der Waals surface area contributed by atoms with Gasteiger partial charge in [-0.2, -0.15) is 0 Å². The maximum Gasteiger partial charge on any atom is 0.267 e. The normalized spacial score (nSPS) is 25.3. The number of piperidine rings is 2. The molecular formula is C18H27N5O2S. The van der Waals surface area contributed by atoms with Gasteiger partial charge in [0.25, 0.3) is 5.91 Å². The Kier molecular flexibility index (Phi) is 5.22. The molecule has 3 aliphatic rings. The zero-order valence-electron chi connectivity index (χ0n) is 15.3. The molecule has 0 radical (unpaired) electrons. The van der Waals surface area contributed by atoms with Gasteiger partial charge in [-0.15, -0.1) is 5.10 Å². The summed E-state index contributed by atoms with van der Waals surface area (Å²) in [5, 5.41) is 7.11. The molecule has 142 valence electrons. The van der Waals surface area contributed by atoms with Crippen LogP contribution in [0.25, 0.3) is 0 Å². The number of hydrogen-bond donors (Lipinski definition) is 1. The van der Waals surface area contributed by atoms with E-state index in [1.54, 1.807) is 0 Å². The molecule has 1 N–H and O–H groups in total. The van der Waals surface area contributed by atoms with Crippen LogP contribution in [0.2, 0.25) is 0 Å². The fourth-order valence-corrected chi connectivity index (χ4v) is 4.73. The fourth-order valence-electron chi connectivity index (χ4n) is 4.10. The lowest BCUT2D eigenvalue weighted by Crippen LogP contribution is -2.51. The van der Waals surface area contributed by atoms with E-state index in [4.69, 9.17) is 0 Å². The highest BCUT2D eigenvalue weighted by molar-refractivity contribution is 7.07. The van der Waals surface area contributed by atoms with Gasteiger partial charge in [0, 0.05) is 31.7 Å². The molecule has 1 aromatic heterocycles. The molecule has 3 fully saturated rings. The molecule has 1 atom stereocenters. The number of nitrogens with one attached hydrogen (secondary N) is 1. The molecule has 2 aliphatic heterocycles. The Labute approximate surface area is 158 Å². The summed E-state index contributed by atoms with van der Waals surface area (Å²) in [6, 6.07) is 0.924. The lowest BCUT2D eigenvalue weighted by atomic mass is 9.93. The van der Waals surface area contributed by atoms with Crippen LogP contribution in [-0.2, 0) is 4.79 Å². The van der Waals surface area contributed by atoms with Crippen molar-refractivity contribution in [2.45, 2.75) is 57.5 Å². The molecule has 1 aromatic rings. The SMILES string of the molecule is Cc1nnsc1C(=O)N1CCC(N2CCCC(C(=O)NC3CC3)C2)CC1. The van der Waals surface area contributed by atoms with Crippen LogP contribution in [0.15, 0.2) is 0 Å². The average molecular weight is 378 g/mol. The number of likely N-dealkylation sites (tertiary alicyclic amines) is 2. The first-order valence-corrected chi connectivity index (χ1v) is 10.5. The predicted molar refractivity (Wildman–Crippen MR) is 99.0 cm³/mol. The molecule has 7 nitrogen and oxygen atoms in total. The molecule has 1 saturated carbocycles. The highest BCUT2D eigenvalue weighted by atomic mass is 32.1. The standard InChI is InChI=1S/C18H27N5O2S/c1-12-16(26-21-20-12)18(25)22-9-6-15(7-10-22)23-8-2-3-13(11-23)17(24)19-14-4-5-14/h13-15H,2-11H2,1H3,(H,19,24). The topological polar surface area (TPSA) is 78.4 Å². The largest absolute Gasteiger partial charge is 0.353 e. The van der Waals surface area contributed by atoms with Crippen LogP contribution in [0.3, 0.4) is 0 Å². The van der Waals surface area contributed by atoms with Gasteiger partial charge >= 0.3 is 0 Å². The molecule has 3 heterocycles. The van der Waals surface area contributed by atoms with Crippen molar-refractivity contribution in [3.8, 4) is 0 Å².